The highest BCUT2D eigenvalue weighted by atomic mass is 32.1. The summed E-state index contributed by atoms with van der Waals surface area (Å²) in [7, 11) is 0. The third kappa shape index (κ3) is 3.74. The van der Waals surface area contributed by atoms with Gasteiger partial charge in [-0.25, -0.2) is 0 Å². The van der Waals surface area contributed by atoms with Crippen molar-refractivity contribution in [3.05, 3.63) is 60.2 Å². The first-order valence-corrected chi connectivity index (χ1v) is 7.99. The number of carbonyl (C=O) groups excluding carboxylic acids is 2. The van der Waals surface area contributed by atoms with Crippen molar-refractivity contribution in [1.29, 1.82) is 0 Å². The minimum absolute atomic E-state index is 0.0214. The van der Waals surface area contributed by atoms with Crippen molar-refractivity contribution in [2.24, 2.45) is 5.92 Å². The second-order valence-electron chi connectivity index (χ2n) is 5.67. The molecule has 3 rings (SSSR count). The maximum absolute atomic E-state index is 12.4. The lowest BCUT2D eigenvalue weighted by Gasteiger charge is -2.17. The number of nitrogens with zero attached hydrogens (tertiary/aromatic N) is 1. The highest BCUT2D eigenvalue weighted by Gasteiger charge is 2.34. The SMILES string of the molecule is O=C(Nc1ccccc1S)C1CC(=O)N(Cc2ccccc2)C1. The van der Waals surface area contributed by atoms with E-state index in [1.54, 1.807) is 11.0 Å². The smallest absolute Gasteiger partial charge is 0.229 e. The predicted octanol–water partition coefficient (Wildman–Crippen LogP) is 2.96. The van der Waals surface area contributed by atoms with Crippen LogP contribution < -0.4 is 5.32 Å². The van der Waals surface area contributed by atoms with Crippen molar-refractivity contribution in [2.75, 3.05) is 11.9 Å². The van der Waals surface area contributed by atoms with E-state index in [0.717, 1.165) is 5.56 Å². The molecule has 2 amide bonds. The molecule has 0 saturated carbocycles. The molecule has 1 fully saturated rings. The molecular weight excluding hydrogens is 308 g/mol. The number of thiol groups is 1. The number of rotatable bonds is 4. The Bertz CT molecular complexity index is 718. The van der Waals surface area contributed by atoms with Gasteiger partial charge in [-0.3, -0.25) is 9.59 Å². The van der Waals surface area contributed by atoms with E-state index in [9.17, 15) is 9.59 Å². The summed E-state index contributed by atoms with van der Waals surface area (Å²) in [5.74, 6) is -0.428. The van der Waals surface area contributed by atoms with Crippen LogP contribution in [0.25, 0.3) is 0 Å². The topological polar surface area (TPSA) is 49.4 Å². The lowest BCUT2D eigenvalue weighted by molar-refractivity contribution is -0.128. The van der Waals surface area contributed by atoms with E-state index < -0.39 is 0 Å². The number of anilines is 1. The van der Waals surface area contributed by atoms with E-state index >= 15 is 0 Å². The molecule has 118 valence electrons. The van der Waals surface area contributed by atoms with Gasteiger partial charge in [0.2, 0.25) is 11.8 Å². The van der Waals surface area contributed by atoms with Gasteiger partial charge in [-0.2, -0.15) is 0 Å². The van der Waals surface area contributed by atoms with Gasteiger partial charge in [0, 0.05) is 24.4 Å². The monoisotopic (exact) mass is 326 g/mol. The van der Waals surface area contributed by atoms with Crippen LogP contribution in [-0.4, -0.2) is 23.3 Å². The van der Waals surface area contributed by atoms with Gasteiger partial charge in [-0.15, -0.1) is 12.6 Å². The molecule has 23 heavy (non-hydrogen) atoms. The largest absolute Gasteiger partial charge is 0.338 e. The van der Waals surface area contributed by atoms with E-state index in [2.05, 4.69) is 17.9 Å². The van der Waals surface area contributed by atoms with Crippen LogP contribution in [0.1, 0.15) is 12.0 Å². The Kier molecular flexibility index (Phi) is 4.67. The zero-order valence-corrected chi connectivity index (χ0v) is 13.5. The van der Waals surface area contributed by atoms with Gasteiger partial charge in [-0.05, 0) is 17.7 Å². The standard InChI is InChI=1S/C18H18N2O2S/c21-17-10-14(12-20(17)11-13-6-2-1-3-7-13)18(22)19-15-8-4-5-9-16(15)23/h1-9,14,23H,10-12H2,(H,19,22). The molecule has 2 aromatic carbocycles. The molecule has 0 bridgehead atoms. The highest BCUT2D eigenvalue weighted by Crippen LogP contribution is 2.24. The van der Waals surface area contributed by atoms with Gasteiger partial charge < -0.3 is 10.2 Å². The summed E-state index contributed by atoms with van der Waals surface area (Å²) in [4.78, 5) is 27.0. The summed E-state index contributed by atoms with van der Waals surface area (Å²) >= 11 is 4.32. The Morgan fingerprint density at radius 3 is 2.57 bits per heavy atom. The summed E-state index contributed by atoms with van der Waals surface area (Å²) in [5, 5.41) is 2.86. The number of nitrogens with one attached hydrogen (secondary N) is 1. The van der Waals surface area contributed by atoms with Crippen molar-refractivity contribution >= 4 is 30.1 Å². The molecule has 1 unspecified atom stereocenters. The maximum Gasteiger partial charge on any atom is 0.229 e. The van der Waals surface area contributed by atoms with Crippen LogP contribution in [0.4, 0.5) is 5.69 Å². The third-order valence-corrected chi connectivity index (χ3v) is 4.35. The zero-order chi connectivity index (χ0) is 16.2. The molecule has 1 aliphatic rings. The summed E-state index contributed by atoms with van der Waals surface area (Å²) in [6.45, 7) is 1.00. The summed E-state index contributed by atoms with van der Waals surface area (Å²) in [6.07, 6.45) is 0.257. The normalized spacial score (nSPS) is 17.3. The second-order valence-corrected chi connectivity index (χ2v) is 6.15. The predicted molar refractivity (Wildman–Crippen MR) is 92.3 cm³/mol. The van der Waals surface area contributed by atoms with E-state index in [1.807, 2.05) is 48.5 Å². The number of benzene rings is 2. The average molecular weight is 326 g/mol. The van der Waals surface area contributed by atoms with Crippen LogP contribution in [0.2, 0.25) is 0 Å². The molecule has 1 atom stereocenters. The highest BCUT2D eigenvalue weighted by molar-refractivity contribution is 7.80. The fraction of sp³-hybridized carbons (Fsp3) is 0.222. The van der Waals surface area contributed by atoms with Gasteiger partial charge in [0.25, 0.3) is 0 Å². The number of hydrogen-bond donors (Lipinski definition) is 2. The summed E-state index contributed by atoms with van der Waals surface area (Å²) in [6, 6.07) is 17.1. The Balaban J connectivity index is 1.63. The molecule has 0 radical (unpaired) electrons. The molecule has 1 N–H and O–H groups in total. The number of para-hydroxylation sites is 1. The van der Waals surface area contributed by atoms with Gasteiger partial charge in [0.15, 0.2) is 0 Å². The molecular formula is C18H18N2O2S. The first-order chi connectivity index (χ1) is 11.1. The van der Waals surface area contributed by atoms with Crippen molar-refractivity contribution < 1.29 is 9.59 Å². The Morgan fingerprint density at radius 1 is 1.13 bits per heavy atom. The van der Waals surface area contributed by atoms with Crippen LogP contribution in [0.15, 0.2) is 59.5 Å². The molecule has 0 spiro atoms. The molecule has 5 heteroatoms. The zero-order valence-electron chi connectivity index (χ0n) is 12.6. The van der Waals surface area contributed by atoms with Gasteiger partial charge in [0.1, 0.15) is 0 Å². The third-order valence-electron chi connectivity index (χ3n) is 3.96. The van der Waals surface area contributed by atoms with Crippen molar-refractivity contribution in [3.8, 4) is 0 Å². The van der Waals surface area contributed by atoms with Crippen LogP contribution in [-0.2, 0) is 16.1 Å². The van der Waals surface area contributed by atoms with Gasteiger partial charge >= 0.3 is 0 Å². The molecule has 0 aliphatic carbocycles. The molecule has 2 aromatic rings. The van der Waals surface area contributed by atoms with Crippen LogP contribution >= 0.6 is 12.6 Å². The van der Waals surface area contributed by atoms with E-state index in [0.29, 0.717) is 23.7 Å². The first-order valence-electron chi connectivity index (χ1n) is 7.54. The fourth-order valence-corrected chi connectivity index (χ4v) is 2.94. The average Bonchev–Trinajstić information content (AvgIpc) is 2.92. The second kappa shape index (κ2) is 6.87. The van der Waals surface area contributed by atoms with Gasteiger partial charge in [0.05, 0.1) is 11.6 Å². The number of amides is 2. The molecule has 1 heterocycles. The quantitative estimate of drug-likeness (QED) is 0.849. The van der Waals surface area contributed by atoms with E-state index in [1.165, 1.54) is 0 Å². The molecule has 4 nitrogen and oxygen atoms in total. The summed E-state index contributed by atoms with van der Waals surface area (Å²) in [5.41, 5.74) is 1.75. The van der Waals surface area contributed by atoms with Crippen molar-refractivity contribution in [3.63, 3.8) is 0 Å². The summed E-state index contributed by atoms with van der Waals surface area (Å²) < 4.78 is 0. The van der Waals surface area contributed by atoms with Gasteiger partial charge in [-0.1, -0.05) is 42.5 Å². The lowest BCUT2D eigenvalue weighted by Crippen LogP contribution is -2.28. The maximum atomic E-state index is 12.4. The first kappa shape index (κ1) is 15.6. The van der Waals surface area contributed by atoms with Crippen molar-refractivity contribution in [1.82, 2.24) is 4.90 Å². The molecule has 1 saturated heterocycles. The molecule has 0 aromatic heterocycles. The minimum Gasteiger partial charge on any atom is -0.338 e. The molecule has 1 aliphatic heterocycles. The number of carbonyl (C=O) groups is 2. The lowest BCUT2D eigenvalue weighted by atomic mass is 10.1. The van der Waals surface area contributed by atoms with Crippen molar-refractivity contribution in [2.45, 2.75) is 17.9 Å². The minimum atomic E-state index is -0.320. The number of hydrogen-bond acceptors (Lipinski definition) is 3. The van der Waals surface area contributed by atoms with E-state index in [4.69, 9.17) is 0 Å². The van der Waals surface area contributed by atoms with Crippen LogP contribution in [0.5, 0.6) is 0 Å². The number of likely N-dealkylation sites (tertiary alicyclic amines) is 1. The fourth-order valence-electron chi connectivity index (χ4n) is 2.72. The van der Waals surface area contributed by atoms with Crippen LogP contribution in [0.3, 0.4) is 0 Å². The van der Waals surface area contributed by atoms with Crippen LogP contribution in [0, 0.1) is 5.92 Å². The Labute approximate surface area is 140 Å². The van der Waals surface area contributed by atoms with E-state index in [-0.39, 0.29) is 24.2 Å². The Morgan fingerprint density at radius 2 is 1.83 bits per heavy atom. The Hall–Kier alpha value is -2.27.